The van der Waals surface area contributed by atoms with Crippen molar-refractivity contribution in [3.05, 3.63) is 64.7 Å². The Balaban J connectivity index is 2.01. The van der Waals surface area contributed by atoms with Crippen molar-refractivity contribution in [2.24, 2.45) is 0 Å². The van der Waals surface area contributed by atoms with Crippen LogP contribution in [0.5, 0.6) is 5.75 Å². The summed E-state index contributed by atoms with van der Waals surface area (Å²) in [4.78, 5) is 2.34. The Morgan fingerprint density at radius 2 is 1.67 bits per heavy atom. The lowest BCUT2D eigenvalue weighted by Crippen LogP contribution is -2.39. The lowest BCUT2D eigenvalue weighted by atomic mass is 9.96. The molecule has 4 heteroatoms. The van der Waals surface area contributed by atoms with Crippen molar-refractivity contribution in [3.63, 3.8) is 0 Å². The minimum Gasteiger partial charge on any atom is -0.508 e. The van der Waals surface area contributed by atoms with Gasteiger partial charge < -0.3 is 9.84 Å². The van der Waals surface area contributed by atoms with Crippen LogP contribution < -0.4 is 0 Å². The molecule has 0 bridgehead atoms. The summed E-state index contributed by atoms with van der Waals surface area (Å²) in [5, 5.41) is 11.0. The zero-order valence-electron chi connectivity index (χ0n) is 11.7. The predicted molar refractivity (Wildman–Crippen MR) is 83.8 cm³/mol. The molecule has 1 aliphatic heterocycles. The Hall–Kier alpha value is -1.55. The zero-order valence-corrected chi connectivity index (χ0v) is 12.5. The van der Waals surface area contributed by atoms with Gasteiger partial charge in [0.25, 0.3) is 0 Å². The second-order valence-corrected chi connectivity index (χ2v) is 5.60. The minimum absolute atomic E-state index is 0.0207. The van der Waals surface area contributed by atoms with Crippen molar-refractivity contribution >= 4 is 11.6 Å². The van der Waals surface area contributed by atoms with Gasteiger partial charge in [-0.3, -0.25) is 4.90 Å². The molecule has 1 saturated heterocycles. The van der Waals surface area contributed by atoms with Gasteiger partial charge in [-0.15, -0.1) is 0 Å². The van der Waals surface area contributed by atoms with Crippen molar-refractivity contribution in [2.75, 3.05) is 26.3 Å². The molecule has 21 heavy (non-hydrogen) atoms. The van der Waals surface area contributed by atoms with Crippen molar-refractivity contribution < 1.29 is 9.84 Å². The molecule has 3 nitrogen and oxygen atoms in total. The lowest BCUT2D eigenvalue weighted by molar-refractivity contribution is 0.0235. The second-order valence-electron chi connectivity index (χ2n) is 5.16. The summed E-state index contributed by atoms with van der Waals surface area (Å²) in [5.74, 6) is 0.323. The van der Waals surface area contributed by atoms with E-state index < -0.39 is 0 Å². The third-order valence-corrected chi connectivity index (χ3v) is 4.08. The maximum absolute atomic E-state index is 10.2. The second kappa shape index (κ2) is 6.48. The van der Waals surface area contributed by atoms with Crippen LogP contribution in [0.2, 0.25) is 5.02 Å². The average Bonchev–Trinajstić information content (AvgIpc) is 2.52. The first kappa shape index (κ1) is 14.4. The largest absolute Gasteiger partial charge is 0.508 e. The lowest BCUT2D eigenvalue weighted by Gasteiger charge is -2.35. The molecule has 0 saturated carbocycles. The Morgan fingerprint density at radius 3 is 2.33 bits per heavy atom. The van der Waals surface area contributed by atoms with Gasteiger partial charge in [0.05, 0.1) is 19.3 Å². The summed E-state index contributed by atoms with van der Waals surface area (Å²) in [6, 6.07) is 15.4. The highest BCUT2D eigenvalue weighted by Crippen LogP contribution is 2.34. The van der Waals surface area contributed by atoms with Crippen LogP contribution in [0.1, 0.15) is 17.2 Å². The molecule has 1 N–H and O–H groups in total. The number of morpholine rings is 1. The van der Waals surface area contributed by atoms with E-state index in [9.17, 15) is 5.11 Å². The van der Waals surface area contributed by atoms with E-state index in [0.29, 0.717) is 5.75 Å². The van der Waals surface area contributed by atoms with Gasteiger partial charge in [0.2, 0.25) is 0 Å². The topological polar surface area (TPSA) is 32.7 Å². The molecule has 110 valence electrons. The first-order valence-electron chi connectivity index (χ1n) is 7.11. The maximum atomic E-state index is 10.2. The molecule has 0 spiro atoms. The highest BCUT2D eigenvalue weighted by Gasteiger charge is 2.26. The zero-order chi connectivity index (χ0) is 14.7. The quantitative estimate of drug-likeness (QED) is 0.942. The van der Waals surface area contributed by atoms with Crippen molar-refractivity contribution in [1.82, 2.24) is 4.90 Å². The fourth-order valence-corrected chi connectivity index (χ4v) is 2.91. The summed E-state index contributed by atoms with van der Waals surface area (Å²) in [6.07, 6.45) is 0. The van der Waals surface area contributed by atoms with E-state index in [4.69, 9.17) is 16.3 Å². The van der Waals surface area contributed by atoms with Crippen LogP contribution in [0.3, 0.4) is 0 Å². The van der Waals surface area contributed by atoms with Gasteiger partial charge in [0.1, 0.15) is 5.75 Å². The van der Waals surface area contributed by atoms with Crippen molar-refractivity contribution in [3.8, 4) is 5.75 Å². The molecular weight excluding hydrogens is 286 g/mol. The summed E-state index contributed by atoms with van der Waals surface area (Å²) < 4.78 is 5.45. The van der Waals surface area contributed by atoms with E-state index in [0.717, 1.165) is 42.5 Å². The monoisotopic (exact) mass is 303 g/mol. The number of nitrogens with zero attached hydrogens (tertiary/aromatic N) is 1. The molecule has 2 aromatic rings. The first-order valence-corrected chi connectivity index (χ1v) is 7.48. The van der Waals surface area contributed by atoms with E-state index in [1.54, 1.807) is 6.07 Å². The van der Waals surface area contributed by atoms with Crippen LogP contribution in [0.15, 0.2) is 48.5 Å². The molecule has 2 aromatic carbocycles. The third-order valence-electron chi connectivity index (χ3n) is 3.83. The number of benzene rings is 2. The Morgan fingerprint density at radius 1 is 1.00 bits per heavy atom. The molecule has 1 atom stereocenters. The Bertz CT molecular complexity index is 594. The number of aromatic hydroxyl groups is 1. The molecule has 0 amide bonds. The van der Waals surface area contributed by atoms with E-state index in [2.05, 4.69) is 4.90 Å². The molecule has 1 fully saturated rings. The molecular formula is C17H18ClNO2. The third kappa shape index (κ3) is 3.21. The predicted octanol–water partition coefficient (Wildman–Crippen LogP) is 3.47. The number of ether oxygens (including phenoxy) is 1. The van der Waals surface area contributed by atoms with Crippen LogP contribution in [0.25, 0.3) is 0 Å². The van der Waals surface area contributed by atoms with Crippen molar-refractivity contribution in [2.45, 2.75) is 6.04 Å². The highest BCUT2D eigenvalue weighted by atomic mass is 35.5. The summed E-state index contributed by atoms with van der Waals surface area (Å²) in [7, 11) is 0. The number of halogens is 1. The van der Waals surface area contributed by atoms with E-state index in [1.165, 1.54) is 0 Å². The molecule has 1 aliphatic rings. The molecule has 1 unspecified atom stereocenters. The minimum atomic E-state index is 0.0207. The van der Waals surface area contributed by atoms with E-state index in [-0.39, 0.29) is 6.04 Å². The number of hydrogen-bond donors (Lipinski definition) is 1. The van der Waals surface area contributed by atoms with Gasteiger partial charge >= 0.3 is 0 Å². The van der Waals surface area contributed by atoms with Crippen LogP contribution in [0.4, 0.5) is 0 Å². The average molecular weight is 304 g/mol. The Kier molecular flexibility index (Phi) is 4.44. The van der Waals surface area contributed by atoms with E-state index in [1.807, 2.05) is 42.5 Å². The number of phenols is 1. The van der Waals surface area contributed by atoms with Crippen LogP contribution in [0, 0.1) is 0 Å². The fraction of sp³-hybridized carbons (Fsp3) is 0.294. The van der Waals surface area contributed by atoms with Gasteiger partial charge in [-0.1, -0.05) is 41.9 Å². The molecule has 0 aliphatic carbocycles. The number of rotatable bonds is 3. The number of hydrogen-bond acceptors (Lipinski definition) is 3. The van der Waals surface area contributed by atoms with Crippen LogP contribution in [-0.2, 0) is 4.74 Å². The molecule has 0 aromatic heterocycles. The standard InChI is InChI=1S/C17H18ClNO2/c18-14-7-5-13(6-8-14)17(19-9-11-21-12-10-19)15-3-1-2-4-16(15)20/h1-8,17,20H,9-12H2. The molecule has 3 rings (SSSR count). The van der Waals surface area contributed by atoms with Gasteiger partial charge in [-0.05, 0) is 23.8 Å². The van der Waals surface area contributed by atoms with E-state index >= 15 is 0 Å². The number of phenolic OH excluding ortho intramolecular Hbond substituents is 1. The first-order chi connectivity index (χ1) is 10.3. The van der Waals surface area contributed by atoms with Crippen LogP contribution >= 0.6 is 11.6 Å². The van der Waals surface area contributed by atoms with Crippen molar-refractivity contribution in [1.29, 1.82) is 0 Å². The highest BCUT2D eigenvalue weighted by molar-refractivity contribution is 6.30. The smallest absolute Gasteiger partial charge is 0.120 e. The summed E-state index contributed by atoms with van der Waals surface area (Å²) >= 11 is 6.00. The summed E-state index contributed by atoms with van der Waals surface area (Å²) in [5.41, 5.74) is 2.05. The summed E-state index contributed by atoms with van der Waals surface area (Å²) in [6.45, 7) is 3.14. The molecule has 0 radical (unpaired) electrons. The normalized spacial score (nSPS) is 17.6. The maximum Gasteiger partial charge on any atom is 0.120 e. The SMILES string of the molecule is Oc1ccccc1C(c1ccc(Cl)cc1)N1CCOCC1. The Labute approximate surface area is 129 Å². The fourth-order valence-electron chi connectivity index (χ4n) is 2.79. The van der Waals surface area contributed by atoms with Gasteiger partial charge in [0.15, 0.2) is 0 Å². The number of para-hydroxylation sites is 1. The van der Waals surface area contributed by atoms with Gasteiger partial charge in [0, 0.05) is 23.7 Å². The molecule has 1 heterocycles. The van der Waals surface area contributed by atoms with Gasteiger partial charge in [-0.25, -0.2) is 0 Å². The van der Waals surface area contributed by atoms with Crippen LogP contribution in [-0.4, -0.2) is 36.3 Å². The van der Waals surface area contributed by atoms with Gasteiger partial charge in [-0.2, -0.15) is 0 Å².